The molecule has 2 aromatic rings. The Labute approximate surface area is 140 Å². The number of rotatable bonds is 6. The summed E-state index contributed by atoms with van der Waals surface area (Å²) >= 11 is 0. The highest BCUT2D eigenvalue weighted by molar-refractivity contribution is 5.90. The number of H-pyrrole nitrogens is 1. The zero-order valence-corrected chi connectivity index (χ0v) is 13.8. The molecule has 1 aliphatic heterocycles. The van der Waals surface area contributed by atoms with Crippen LogP contribution in [0, 0.1) is 0 Å². The first kappa shape index (κ1) is 16.3. The first-order chi connectivity index (χ1) is 11.7. The molecule has 1 saturated heterocycles. The van der Waals surface area contributed by atoms with Crippen LogP contribution in [0.2, 0.25) is 0 Å². The minimum absolute atomic E-state index is 0.0959. The molecule has 128 valence electrons. The standard InChI is InChI=1S/C15H22N8O/c1-2-4-12-18-14(21-20-12)19-13(24)11-22-7-9-23(10-8-22)15-16-5-3-6-17-15/h3,5-6H,2,4,7-11H2,1H3,(H2,18,19,20,21,24). The molecule has 2 aromatic heterocycles. The maximum absolute atomic E-state index is 12.1. The molecule has 24 heavy (non-hydrogen) atoms. The predicted molar refractivity (Wildman–Crippen MR) is 89.7 cm³/mol. The van der Waals surface area contributed by atoms with Crippen molar-refractivity contribution < 1.29 is 4.79 Å². The fourth-order valence-electron chi connectivity index (χ4n) is 2.63. The summed E-state index contributed by atoms with van der Waals surface area (Å²) in [6.45, 7) is 5.60. The number of amides is 1. The number of carbonyl (C=O) groups excluding carboxylic acids is 1. The van der Waals surface area contributed by atoms with E-state index in [4.69, 9.17) is 0 Å². The van der Waals surface area contributed by atoms with Crippen molar-refractivity contribution >= 4 is 17.8 Å². The van der Waals surface area contributed by atoms with Crippen molar-refractivity contribution in [2.24, 2.45) is 0 Å². The van der Waals surface area contributed by atoms with Gasteiger partial charge in [0.25, 0.3) is 0 Å². The second-order valence-electron chi connectivity index (χ2n) is 5.72. The lowest BCUT2D eigenvalue weighted by Gasteiger charge is -2.34. The van der Waals surface area contributed by atoms with Crippen molar-refractivity contribution in [2.45, 2.75) is 19.8 Å². The van der Waals surface area contributed by atoms with Gasteiger partial charge in [-0.05, 0) is 12.5 Å². The lowest BCUT2D eigenvalue weighted by Crippen LogP contribution is -2.49. The van der Waals surface area contributed by atoms with E-state index < -0.39 is 0 Å². The molecule has 0 unspecified atom stereocenters. The van der Waals surface area contributed by atoms with Crippen molar-refractivity contribution in [2.75, 3.05) is 42.9 Å². The number of nitrogens with zero attached hydrogens (tertiary/aromatic N) is 6. The zero-order chi connectivity index (χ0) is 16.8. The number of hydrogen-bond donors (Lipinski definition) is 2. The first-order valence-electron chi connectivity index (χ1n) is 8.20. The first-order valence-corrected chi connectivity index (χ1v) is 8.20. The van der Waals surface area contributed by atoms with Gasteiger partial charge in [0.2, 0.25) is 17.8 Å². The van der Waals surface area contributed by atoms with E-state index in [1.165, 1.54) is 0 Å². The highest BCUT2D eigenvalue weighted by Gasteiger charge is 2.20. The van der Waals surface area contributed by atoms with Crippen LogP contribution in [-0.4, -0.2) is 68.7 Å². The molecule has 0 bridgehead atoms. The molecule has 0 atom stereocenters. The van der Waals surface area contributed by atoms with Crippen LogP contribution in [0.5, 0.6) is 0 Å². The summed E-state index contributed by atoms with van der Waals surface area (Å²) < 4.78 is 0. The van der Waals surface area contributed by atoms with Gasteiger partial charge in [-0.15, -0.1) is 5.10 Å². The minimum Gasteiger partial charge on any atom is -0.338 e. The van der Waals surface area contributed by atoms with Crippen LogP contribution in [-0.2, 0) is 11.2 Å². The normalized spacial score (nSPS) is 15.5. The van der Waals surface area contributed by atoms with Gasteiger partial charge in [0.05, 0.1) is 6.54 Å². The van der Waals surface area contributed by atoms with Crippen molar-refractivity contribution in [3.05, 3.63) is 24.3 Å². The third kappa shape index (κ3) is 4.25. The van der Waals surface area contributed by atoms with Crippen molar-refractivity contribution in [3.63, 3.8) is 0 Å². The molecular weight excluding hydrogens is 308 g/mol. The van der Waals surface area contributed by atoms with Gasteiger partial charge < -0.3 is 4.90 Å². The van der Waals surface area contributed by atoms with Crippen LogP contribution >= 0.6 is 0 Å². The smallest absolute Gasteiger partial charge is 0.248 e. The van der Waals surface area contributed by atoms with Gasteiger partial charge in [0, 0.05) is 45.0 Å². The van der Waals surface area contributed by atoms with Gasteiger partial charge >= 0.3 is 0 Å². The highest BCUT2D eigenvalue weighted by Crippen LogP contribution is 2.09. The number of hydrogen-bond acceptors (Lipinski definition) is 7. The summed E-state index contributed by atoms with van der Waals surface area (Å²) in [5.74, 6) is 1.79. The van der Waals surface area contributed by atoms with E-state index in [2.05, 4.69) is 47.2 Å². The van der Waals surface area contributed by atoms with Crippen LogP contribution in [0.15, 0.2) is 18.5 Å². The molecule has 2 N–H and O–H groups in total. The molecule has 3 rings (SSSR count). The minimum atomic E-state index is -0.0959. The fraction of sp³-hybridized carbons (Fsp3) is 0.533. The number of piperazine rings is 1. The molecule has 9 heteroatoms. The molecule has 0 aromatic carbocycles. The van der Waals surface area contributed by atoms with Crippen LogP contribution in [0.3, 0.4) is 0 Å². The molecule has 1 fully saturated rings. The Morgan fingerprint density at radius 2 is 2.00 bits per heavy atom. The average molecular weight is 330 g/mol. The molecular formula is C15H22N8O. The van der Waals surface area contributed by atoms with E-state index in [-0.39, 0.29) is 5.91 Å². The van der Waals surface area contributed by atoms with Crippen LogP contribution in [0.1, 0.15) is 19.2 Å². The summed E-state index contributed by atoms with van der Waals surface area (Å²) in [5, 5.41) is 9.58. The van der Waals surface area contributed by atoms with Crippen LogP contribution < -0.4 is 10.2 Å². The van der Waals surface area contributed by atoms with Crippen molar-refractivity contribution in [3.8, 4) is 0 Å². The van der Waals surface area contributed by atoms with Gasteiger partial charge in [-0.2, -0.15) is 4.98 Å². The van der Waals surface area contributed by atoms with E-state index in [1.807, 2.05) is 0 Å². The maximum atomic E-state index is 12.1. The van der Waals surface area contributed by atoms with Gasteiger partial charge in [-0.1, -0.05) is 6.92 Å². The highest BCUT2D eigenvalue weighted by atomic mass is 16.2. The number of carbonyl (C=O) groups is 1. The number of aromatic nitrogens is 5. The summed E-state index contributed by atoms with van der Waals surface area (Å²) in [4.78, 5) is 29.1. The third-order valence-corrected chi connectivity index (χ3v) is 3.84. The quantitative estimate of drug-likeness (QED) is 0.785. The Balaban J connectivity index is 1.44. The van der Waals surface area contributed by atoms with Gasteiger partial charge in [-0.3, -0.25) is 20.1 Å². The lowest BCUT2D eigenvalue weighted by atomic mass is 10.3. The molecule has 0 radical (unpaired) electrons. The second kappa shape index (κ2) is 7.82. The summed E-state index contributed by atoms with van der Waals surface area (Å²) in [6.07, 6.45) is 5.29. The Morgan fingerprint density at radius 1 is 1.25 bits per heavy atom. The SMILES string of the molecule is CCCc1nc(NC(=O)CN2CCN(c3ncccn3)CC2)n[nH]1. The Morgan fingerprint density at radius 3 is 2.71 bits per heavy atom. The van der Waals surface area contributed by atoms with E-state index >= 15 is 0 Å². The van der Waals surface area contributed by atoms with Crippen LogP contribution in [0.4, 0.5) is 11.9 Å². The number of nitrogens with one attached hydrogen (secondary N) is 2. The Bertz CT molecular complexity index is 651. The van der Waals surface area contributed by atoms with Gasteiger partial charge in [0.15, 0.2) is 0 Å². The van der Waals surface area contributed by atoms with Crippen molar-refractivity contribution in [1.29, 1.82) is 0 Å². The predicted octanol–water partition coefficient (Wildman–Crippen LogP) is 0.308. The fourth-order valence-corrected chi connectivity index (χ4v) is 2.63. The molecule has 0 saturated carbocycles. The monoisotopic (exact) mass is 330 g/mol. The topological polar surface area (TPSA) is 103 Å². The molecule has 1 aliphatic rings. The van der Waals surface area contributed by atoms with E-state index in [0.717, 1.165) is 50.8 Å². The molecule has 9 nitrogen and oxygen atoms in total. The molecule has 1 amide bonds. The average Bonchev–Trinajstić information content (AvgIpc) is 3.03. The molecule has 0 spiro atoms. The zero-order valence-electron chi connectivity index (χ0n) is 13.8. The second-order valence-corrected chi connectivity index (χ2v) is 5.72. The lowest BCUT2D eigenvalue weighted by molar-refractivity contribution is -0.117. The third-order valence-electron chi connectivity index (χ3n) is 3.84. The number of aromatic amines is 1. The Hall–Kier alpha value is -2.55. The molecule has 3 heterocycles. The number of aryl methyl sites for hydroxylation is 1. The van der Waals surface area contributed by atoms with Crippen LogP contribution in [0.25, 0.3) is 0 Å². The van der Waals surface area contributed by atoms with Gasteiger partial charge in [-0.25, -0.2) is 9.97 Å². The Kier molecular flexibility index (Phi) is 5.32. The summed E-state index contributed by atoms with van der Waals surface area (Å²) in [5.41, 5.74) is 0. The van der Waals surface area contributed by atoms with Crippen molar-refractivity contribution in [1.82, 2.24) is 30.0 Å². The van der Waals surface area contributed by atoms with E-state index in [9.17, 15) is 4.79 Å². The molecule has 0 aliphatic carbocycles. The van der Waals surface area contributed by atoms with E-state index in [1.54, 1.807) is 18.5 Å². The number of anilines is 2. The van der Waals surface area contributed by atoms with E-state index in [0.29, 0.717) is 12.5 Å². The van der Waals surface area contributed by atoms with Gasteiger partial charge in [0.1, 0.15) is 5.82 Å². The summed E-state index contributed by atoms with van der Waals surface area (Å²) in [7, 11) is 0. The largest absolute Gasteiger partial charge is 0.338 e. The maximum Gasteiger partial charge on any atom is 0.248 e. The summed E-state index contributed by atoms with van der Waals surface area (Å²) in [6, 6.07) is 1.80.